The number of likely N-dealkylation sites (tertiary alicyclic amines) is 1. The van der Waals surface area contributed by atoms with E-state index in [1.54, 1.807) is 18.3 Å². The average Bonchev–Trinajstić information content (AvgIpc) is 2.66. The van der Waals surface area contributed by atoms with Crippen molar-refractivity contribution in [3.05, 3.63) is 58.9 Å². The molecule has 1 saturated heterocycles. The van der Waals surface area contributed by atoms with Crippen molar-refractivity contribution in [1.82, 2.24) is 20.2 Å². The average molecular weight is 399 g/mol. The summed E-state index contributed by atoms with van der Waals surface area (Å²) in [6.45, 7) is 11.0. The van der Waals surface area contributed by atoms with Crippen LogP contribution in [-0.4, -0.2) is 33.9 Å². The fourth-order valence-corrected chi connectivity index (χ4v) is 3.83. The van der Waals surface area contributed by atoms with E-state index in [1.807, 2.05) is 6.92 Å². The molecule has 0 radical (unpaired) electrons. The maximum Gasteiger partial charge on any atom is 0.254 e. The molecule has 1 aliphatic rings. The number of aromatic nitrogens is 2. The van der Waals surface area contributed by atoms with E-state index < -0.39 is 0 Å². The predicted octanol–water partition coefficient (Wildman–Crippen LogP) is 4.43. The van der Waals surface area contributed by atoms with E-state index in [-0.39, 0.29) is 23.2 Å². The Balaban J connectivity index is 1.69. The van der Waals surface area contributed by atoms with E-state index in [0.29, 0.717) is 17.8 Å². The lowest BCUT2D eigenvalue weighted by molar-refractivity contribution is 0.0944. The maximum atomic E-state index is 13.0. The van der Waals surface area contributed by atoms with E-state index >= 15 is 0 Å². The van der Waals surface area contributed by atoms with E-state index in [1.165, 1.54) is 25.0 Å². The first-order chi connectivity index (χ1) is 13.7. The summed E-state index contributed by atoms with van der Waals surface area (Å²) < 4.78 is 13.0. The van der Waals surface area contributed by atoms with Crippen molar-refractivity contribution in [3.63, 3.8) is 0 Å². The number of nitrogens with one attached hydrogen (secondary N) is 1. The van der Waals surface area contributed by atoms with Crippen LogP contribution in [0.3, 0.4) is 0 Å². The topological polar surface area (TPSA) is 58.1 Å². The number of rotatable bonds is 5. The monoisotopic (exact) mass is 398 g/mol. The molecule has 0 bridgehead atoms. The molecule has 0 unspecified atom stereocenters. The highest BCUT2D eigenvalue weighted by Gasteiger charge is 2.29. The van der Waals surface area contributed by atoms with Gasteiger partial charge in [-0.1, -0.05) is 39.3 Å². The van der Waals surface area contributed by atoms with Crippen molar-refractivity contribution >= 4 is 5.91 Å². The van der Waals surface area contributed by atoms with E-state index in [9.17, 15) is 9.18 Å². The zero-order chi connectivity index (χ0) is 21.0. The van der Waals surface area contributed by atoms with Crippen LogP contribution in [0, 0.1) is 18.2 Å². The molecular formula is C23H31FN4O. The number of piperidine rings is 1. The van der Waals surface area contributed by atoms with Gasteiger partial charge in [0.1, 0.15) is 11.6 Å². The number of hydrogen-bond acceptors (Lipinski definition) is 4. The summed E-state index contributed by atoms with van der Waals surface area (Å²) in [5.41, 5.74) is 2.22. The highest BCUT2D eigenvalue weighted by atomic mass is 19.1. The number of carbonyl (C=O) groups is 1. The molecule has 0 aliphatic carbocycles. The van der Waals surface area contributed by atoms with Gasteiger partial charge in [0.2, 0.25) is 0 Å². The van der Waals surface area contributed by atoms with Gasteiger partial charge in [-0.05, 0) is 49.4 Å². The van der Waals surface area contributed by atoms with Crippen LogP contribution in [0.15, 0.2) is 30.5 Å². The molecule has 0 saturated carbocycles. The van der Waals surface area contributed by atoms with Crippen LogP contribution in [0.4, 0.5) is 4.39 Å². The summed E-state index contributed by atoms with van der Waals surface area (Å²) in [5.74, 6) is 0.304. The van der Waals surface area contributed by atoms with Crippen molar-refractivity contribution in [1.29, 1.82) is 0 Å². The molecule has 1 aliphatic heterocycles. The molecule has 2 aromatic rings. The Hall–Kier alpha value is -2.34. The van der Waals surface area contributed by atoms with Gasteiger partial charge in [-0.3, -0.25) is 9.69 Å². The van der Waals surface area contributed by atoms with Crippen LogP contribution in [0.25, 0.3) is 0 Å². The first-order valence-electron chi connectivity index (χ1n) is 10.3. The van der Waals surface area contributed by atoms with E-state index in [0.717, 1.165) is 30.9 Å². The van der Waals surface area contributed by atoms with Crippen LogP contribution in [-0.2, 0) is 6.54 Å². The second-order valence-corrected chi connectivity index (χ2v) is 9.08. The lowest BCUT2D eigenvalue weighted by Gasteiger charge is -2.38. The summed E-state index contributed by atoms with van der Waals surface area (Å²) in [4.78, 5) is 24.3. The third-order valence-electron chi connectivity index (χ3n) is 5.20. The van der Waals surface area contributed by atoms with Crippen molar-refractivity contribution in [3.8, 4) is 0 Å². The summed E-state index contributed by atoms with van der Waals surface area (Å²) >= 11 is 0. The van der Waals surface area contributed by atoms with Crippen molar-refractivity contribution in [2.24, 2.45) is 5.41 Å². The summed E-state index contributed by atoms with van der Waals surface area (Å²) in [6, 6.07) is 6.30. The minimum atomic E-state index is -0.289. The van der Waals surface area contributed by atoms with E-state index in [4.69, 9.17) is 4.98 Å². The molecule has 1 aromatic heterocycles. The van der Waals surface area contributed by atoms with Crippen molar-refractivity contribution in [2.75, 3.05) is 13.1 Å². The molecule has 3 rings (SSSR count). The number of halogens is 1. The standard InChI is InChI=1S/C23H31FN4O/c1-16-19(22(29)26-13-17-8-10-18(24)11-9-17)14-25-21(27-16)20-7-5-6-12-28(20)15-23(2,3)4/h8-11,14,20H,5-7,12-13,15H2,1-4H3,(H,26,29)/t20-/m0/s1. The molecule has 6 heteroatoms. The number of amides is 1. The zero-order valence-electron chi connectivity index (χ0n) is 17.8. The molecular weight excluding hydrogens is 367 g/mol. The fourth-order valence-electron chi connectivity index (χ4n) is 3.83. The number of hydrogen-bond donors (Lipinski definition) is 1. The highest BCUT2D eigenvalue weighted by Crippen LogP contribution is 2.32. The first kappa shape index (κ1) is 21.4. The number of carbonyl (C=O) groups excluding carboxylic acids is 1. The Labute approximate surface area is 172 Å². The molecule has 0 spiro atoms. The van der Waals surface area contributed by atoms with Gasteiger partial charge in [-0.25, -0.2) is 14.4 Å². The Bertz CT molecular complexity index is 845. The minimum Gasteiger partial charge on any atom is -0.348 e. The fraction of sp³-hybridized carbons (Fsp3) is 0.522. The quantitative estimate of drug-likeness (QED) is 0.810. The van der Waals surface area contributed by atoms with Gasteiger partial charge in [-0.2, -0.15) is 0 Å². The van der Waals surface area contributed by atoms with Gasteiger partial charge in [0, 0.05) is 19.3 Å². The zero-order valence-corrected chi connectivity index (χ0v) is 17.8. The Morgan fingerprint density at radius 1 is 1.24 bits per heavy atom. The maximum absolute atomic E-state index is 13.0. The molecule has 1 fully saturated rings. The highest BCUT2D eigenvalue weighted by molar-refractivity contribution is 5.94. The molecule has 1 aromatic carbocycles. The Morgan fingerprint density at radius 2 is 1.97 bits per heavy atom. The molecule has 1 atom stereocenters. The van der Waals surface area contributed by atoms with Crippen LogP contribution in [0.5, 0.6) is 0 Å². The summed E-state index contributed by atoms with van der Waals surface area (Å²) in [6.07, 6.45) is 5.07. The predicted molar refractivity (Wildman–Crippen MR) is 112 cm³/mol. The minimum absolute atomic E-state index is 0.206. The van der Waals surface area contributed by atoms with Crippen LogP contribution in [0.1, 0.15) is 73.5 Å². The molecule has 5 nitrogen and oxygen atoms in total. The second kappa shape index (κ2) is 8.99. The van der Waals surface area contributed by atoms with Gasteiger partial charge < -0.3 is 5.32 Å². The second-order valence-electron chi connectivity index (χ2n) is 9.08. The van der Waals surface area contributed by atoms with E-state index in [2.05, 4.69) is 36.0 Å². The van der Waals surface area contributed by atoms with Gasteiger partial charge in [0.25, 0.3) is 5.91 Å². The Morgan fingerprint density at radius 3 is 2.62 bits per heavy atom. The third kappa shape index (κ3) is 5.82. The SMILES string of the molecule is Cc1nc([C@@H]2CCCCN2CC(C)(C)C)ncc1C(=O)NCc1ccc(F)cc1. The van der Waals surface area contributed by atoms with Gasteiger partial charge >= 0.3 is 0 Å². The molecule has 1 amide bonds. The Kier molecular flexibility index (Phi) is 6.63. The first-order valence-corrected chi connectivity index (χ1v) is 10.3. The van der Waals surface area contributed by atoms with Gasteiger partial charge in [0.05, 0.1) is 17.3 Å². The summed E-state index contributed by atoms with van der Waals surface area (Å²) in [7, 11) is 0. The van der Waals surface area contributed by atoms with Crippen molar-refractivity contribution < 1.29 is 9.18 Å². The normalized spacial score (nSPS) is 17.9. The third-order valence-corrected chi connectivity index (χ3v) is 5.20. The van der Waals surface area contributed by atoms with Gasteiger partial charge in [0.15, 0.2) is 0 Å². The molecule has 156 valence electrons. The van der Waals surface area contributed by atoms with Crippen molar-refractivity contribution in [2.45, 2.75) is 59.5 Å². The van der Waals surface area contributed by atoms with Crippen LogP contribution >= 0.6 is 0 Å². The van der Waals surface area contributed by atoms with Crippen LogP contribution in [0.2, 0.25) is 0 Å². The number of nitrogens with zero attached hydrogens (tertiary/aromatic N) is 3. The molecule has 29 heavy (non-hydrogen) atoms. The smallest absolute Gasteiger partial charge is 0.254 e. The summed E-state index contributed by atoms with van der Waals surface area (Å²) in [5, 5.41) is 2.86. The van der Waals surface area contributed by atoms with Gasteiger partial charge in [-0.15, -0.1) is 0 Å². The van der Waals surface area contributed by atoms with Crippen LogP contribution < -0.4 is 5.32 Å². The molecule has 2 heterocycles. The lowest BCUT2D eigenvalue weighted by atomic mass is 9.92. The number of benzene rings is 1. The molecule has 1 N–H and O–H groups in total. The lowest BCUT2D eigenvalue weighted by Crippen LogP contribution is -2.40. The largest absolute Gasteiger partial charge is 0.348 e. The number of aryl methyl sites for hydroxylation is 1.